The molecule has 3 rings (SSSR count). The van der Waals surface area contributed by atoms with Gasteiger partial charge in [-0.3, -0.25) is 0 Å². The van der Waals surface area contributed by atoms with Crippen LogP contribution < -0.4 is 4.40 Å². The normalized spacial score (nSPS) is 12.6. The van der Waals surface area contributed by atoms with Gasteiger partial charge in [-0.2, -0.15) is 0 Å². The van der Waals surface area contributed by atoms with Crippen molar-refractivity contribution >= 4 is 20.9 Å². The van der Waals surface area contributed by atoms with Gasteiger partial charge in [0, 0.05) is 0 Å². The van der Waals surface area contributed by atoms with E-state index in [9.17, 15) is 0 Å². The second-order valence-electron chi connectivity index (χ2n) is 15.6. The van der Waals surface area contributed by atoms with E-state index in [1.165, 1.54) is 71.2 Å². The average molecular weight is 639 g/mol. The first kappa shape index (κ1) is 35.7. The third kappa shape index (κ3) is 7.21. The van der Waals surface area contributed by atoms with Crippen molar-refractivity contribution in [1.82, 2.24) is 0 Å². The van der Waals surface area contributed by atoms with Crippen molar-refractivity contribution in [1.29, 1.82) is 0 Å². The Bertz CT molecular complexity index is 1260. The second-order valence-corrected chi connectivity index (χ2v) is 16.6. The van der Waals surface area contributed by atoms with Crippen LogP contribution in [0.5, 0.6) is 0 Å². The van der Waals surface area contributed by atoms with E-state index in [1.807, 2.05) is 0 Å². The van der Waals surface area contributed by atoms with Crippen LogP contribution in [0.25, 0.3) is 22.3 Å². The summed E-state index contributed by atoms with van der Waals surface area (Å²) in [5, 5.41) is 0. The third-order valence-corrected chi connectivity index (χ3v) is 10.4. The van der Waals surface area contributed by atoms with Gasteiger partial charge in [0.05, 0.1) is 0 Å². The molecule has 0 amide bonds. The SMILES string of the molecule is CC(C)c1cc(C(C)C)c(-c2c(C(C)C)cc(C(C)C)c(-c3c(C(C)C)cc(C(C)C)cc3C(C)C)[c]2[Ge])c(C(C)C)c1. The van der Waals surface area contributed by atoms with Crippen LogP contribution in [0.4, 0.5) is 0 Å². The summed E-state index contributed by atoms with van der Waals surface area (Å²) >= 11 is 2.46. The second kappa shape index (κ2) is 14.1. The van der Waals surface area contributed by atoms with Crippen LogP contribution in [-0.2, 0) is 0 Å². The van der Waals surface area contributed by atoms with Crippen LogP contribution in [0.15, 0.2) is 30.3 Å². The van der Waals surface area contributed by atoms with Gasteiger partial charge in [0.2, 0.25) is 0 Å². The molecule has 0 N–H and O–H groups in total. The Morgan fingerprint density at radius 3 is 0.698 bits per heavy atom. The molecule has 233 valence electrons. The molecule has 0 aliphatic carbocycles. The van der Waals surface area contributed by atoms with Gasteiger partial charge in [0.1, 0.15) is 0 Å². The predicted molar refractivity (Wildman–Crippen MR) is 195 cm³/mol. The zero-order chi connectivity index (χ0) is 32.7. The van der Waals surface area contributed by atoms with Gasteiger partial charge in [-0.25, -0.2) is 0 Å². The molecule has 0 atom stereocenters. The molecule has 0 bridgehead atoms. The van der Waals surface area contributed by atoms with Gasteiger partial charge in [-0.05, 0) is 0 Å². The summed E-state index contributed by atoms with van der Waals surface area (Å²) in [6, 6.07) is 12.8. The number of hydrogen-bond acceptors (Lipinski definition) is 0. The molecule has 0 fully saturated rings. The van der Waals surface area contributed by atoms with E-state index in [1.54, 1.807) is 0 Å². The first-order valence-corrected chi connectivity index (χ1v) is 18.2. The van der Waals surface area contributed by atoms with E-state index in [4.69, 9.17) is 0 Å². The minimum absolute atomic E-state index is 0.433. The summed E-state index contributed by atoms with van der Waals surface area (Å²) in [7, 11) is 0. The third-order valence-electron chi connectivity index (χ3n) is 9.40. The van der Waals surface area contributed by atoms with Crippen LogP contribution in [0.2, 0.25) is 0 Å². The van der Waals surface area contributed by atoms with Crippen molar-refractivity contribution in [3.05, 3.63) is 74.8 Å². The van der Waals surface area contributed by atoms with Crippen molar-refractivity contribution in [2.45, 2.75) is 158 Å². The molecule has 1 heteroatoms. The fraction of sp³-hybridized carbons (Fsp3) is 0.571. The maximum absolute atomic E-state index is 2.61. The summed E-state index contributed by atoms with van der Waals surface area (Å²) in [5.74, 6) is 3.67. The van der Waals surface area contributed by atoms with Gasteiger partial charge >= 0.3 is 276 Å². The number of rotatable bonds is 10. The maximum atomic E-state index is 2.61. The predicted octanol–water partition coefficient (Wildman–Crippen LogP) is 12.8. The van der Waals surface area contributed by atoms with Crippen LogP contribution >= 0.6 is 0 Å². The Kier molecular flexibility index (Phi) is 11.7. The van der Waals surface area contributed by atoms with Gasteiger partial charge in [-0.1, -0.05) is 0 Å². The number of hydrogen-bond donors (Lipinski definition) is 0. The molecular formula is C42H61Ge. The van der Waals surface area contributed by atoms with Crippen molar-refractivity contribution in [2.24, 2.45) is 0 Å². The van der Waals surface area contributed by atoms with Gasteiger partial charge < -0.3 is 0 Å². The molecule has 0 aliphatic rings. The monoisotopic (exact) mass is 639 g/mol. The average Bonchev–Trinajstić information content (AvgIpc) is 2.90. The molecular weight excluding hydrogens is 577 g/mol. The molecule has 3 radical (unpaired) electrons. The van der Waals surface area contributed by atoms with Crippen molar-refractivity contribution in [3.8, 4) is 22.3 Å². The fourth-order valence-corrected chi connectivity index (χ4v) is 7.79. The Balaban J connectivity index is 2.72. The molecule has 0 aliphatic heterocycles. The molecule has 0 aromatic heterocycles. The van der Waals surface area contributed by atoms with E-state index >= 15 is 0 Å². The van der Waals surface area contributed by atoms with Crippen LogP contribution in [-0.4, -0.2) is 16.5 Å². The van der Waals surface area contributed by atoms with E-state index in [0.29, 0.717) is 47.3 Å². The van der Waals surface area contributed by atoms with E-state index in [2.05, 4.69) is 158 Å². The quantitative estimate of drug-likeness (QED) is 0.194. The molecule has 43 heavy (non-hydrogen) atoms. The summed E-state index contributed by atoms with van der Waals surface area (Å²) in [6.07, 6.45) is 0. The zero-order valence-electron chi connectivity index (χ0n) is 30.5. The molecule has 0 saturated carbocycles. The fourth-order valence-electron chi connectivity index (χ4n) is 6.66. The molecule has 3 aromatic rings. The Morgan fingerprint density at radius 1 is 0.302 bits per heavy atom. The van der Waals surface area contributed by atoms with Crippen molar-refractivity contribution in [3.63, 3.8) is 0 Å². The van der Waals surface area contributed by atoms with Gasteiger partial charge in [-0.15, -0.1) is 0 Å². The van der Waals surface area contributed by atoms with Crippen LogP contribution in [0.1, 0.15) is 203 Å². The van der Waals surface area contributed by atoms with E-state index in [0.717, 1.165) is 0 Å². The molecule has 0 spiro atoms. The van der Waals surface area contributed by atoms with E-state index in [-0.39, 0.29) is 0 Å². The Hall–Kier alpha value is -1.80. The molecule has 0 nitrogen and oxygen atoms in total. The Morgan fingerprint density at radius 2 is 0.512 bits per heavy atom. The Labute approximate surface area is 275 Å². The first-order chi connectivity index (χ1) is 19.9. The van der Waals surface area contributed by atoms with Gasteiger partial charge in [0.15, 0.2) is 0 Å². The standard InChI is InChI=1S/C42H61Ge/c1-22(2)30-17-32(24(5)6)38(33(18-30)25(7)8)40-36(28(13)14)21-37(29(15)16)41(42(40)43)39-34(26(9)10)19-31(23(3)4)20-35(39)27(11)12/h17-29H,1-16H3. The number of benzene rings is 3. The summed E-state index contributed by atoms with van der Waals surface area (Å²) in [4.78, 5) is 0. The zero-order valence-corrected chi connectivity index (χ0v) is 32.6. The first-order valence-electron chi connectivity index (χ1n) is 17.2. The minimum atomic E-state index is 0.433. The summed E-state index contributed by atoms with van der Waals surface area (Å²) in [6.45, 7) is 38.0. The summed E-state index contributed by atoms with van der Waals surface area (Å²) < 4.78 is 1.47. The van der Waals surface area contributed by atoms with E-state index < -0.39 is 0 Å². The molecule has 0 saturated heterocycles. The topological polar surface area (TPSA) is 0 Å². The van der Waals surface area contributed by atoms with Crippen LogP contribution in [0, 0.1) is 0 Å². The van der Waals surface area contributed by atoms with Gasteiger partial charge in [0.25, 0.3) is 0 Å². The molecule has 3 aromatic carbocycles. The van der Waals surface area contributed by atoms with Crippen molar-refractivity contribution < 1.29 is 0 Å². The molecule has 0 unspecified atom stereocenters. The van der Waals surface area contributed by atoms with Crippen molar-refractivity contribution in [2.75, 3.05) is 0 Å². The molecule has 0 heterocycles. The van der Waals surface area contributed by atoms with Crippen LogP contribution in [0.3, 0.4) is 0 Å². The summed E-state index contributed by atoms with van der Waals surface area (Å²) in [5.41, 5.74) is 18.0.